The molecule has 5 heteroatoms. The van der Waals surface area contributed by atoms with Crippen LogP contribution < -0.4 is 4.74 Å². The molecule has 0 unspecified atom stereocenters. The molecule has 28 heavy (non-hydrogen) atoms. The standard InChI is InChI=1S/C23H25N3O2/c1-16-9-12-25-21(13-16)28-18-8-7-17(2)26(14-18)22(27)19-5-3-4-6-20(19)23(15-24)10-11-23/h3-6,9,12-13,17-18H,7-8,10-11,14H2,1-2H3/t17-,18-/m1/s1. The van der Waals surface area contributed by atoms with E-state index in [4.69, 9.17) is 4.74 Å². The minimum Gasteiger partial charge on any atom is -0.472 e. The summed E-state index contributed by atoms with van der Waals surface area (Å²) in [5.74, 6) is 0.601. The van der Waals surface area contributed by atoms with Gasteiger partial charge in [-0.2, -0.15) is 5.26 Å². The van der Waals surface area contributed by atoms with Gasteiger partial charge in [0.2, 0.25) is 5.88 Å². The molecule has 1 aliphatic heterocycles. The van der Waals surface area contributed by atoms with E-state index in [2.05, 4.69) is 18.0 Å². The largest absolute Gasteiger partial charge is 0.472 e. The highest BCUT2D eigenvalue weighted by atomic mass is 16.5. The van der Waals surface area contributed by atoms with Crippen molar-refractivity contribution >= 4 is 5.91 Å². The molecule has 0 bridgehead atoms. The number of pyridine rings is 1. The third-order valence-corrected chi connectivity index (χ3v) is 5.91. The number of carbonyl (C=O) groups excluding carboxylic acids is 1. The summed E-state index contributed by atoms with van der Waals surface area (Å²) < 4.78 is 6.07. The fourth-order valence-electron chi connectivity index (χ4n) is 4.00. The molecule has 2 heterocycles. The molecular formula is C23H25N3O2. The molecule has 2 fully saturated rings. The fraction of sp³-hybridized carbons (Fsp3) is 0.435. The zero-order chi connectivity index (χ0) is 19.7. The Morgan fingerprint density at radius 3 is 2.79 bits per heavy atom. The Balaban J connectivity index is 1.55. The van der Waals surface area contributed by atoms with Crippen LogP contribution in [0.25, 0.3) is 0 Å². The molecule has 0 N–H and O–H groups in total. The van der Waals surface area contributed by atoms with E-state index in [-0.39, 0.29) is 18.1 Å². The van der Waals surface area contributed by atoms with E-state index in [1.807, 2.05) is 48.2 Å². The lowest BCUT2D eigenvalue weighted by Gasteiger charge is -2.38. The Morgan fingerprint density at radius 1 is 1.29 bits per heavy atom. The second-order valence-corrected chi connectivity index (χ2v) is 8.03. The molecule has 2 atom stereocenters. The van der Waals surface area contributed by atoms with Crippen LogP contribution >= 0.6 is 0 Å². The van der Waals surface area contributed by atoms with Crippen molar-refractivity contribution in [3.05, 3.63) is 59.3 Å². The first-order valence-electron chi connectivity index (χ1n) is 9.93. The second kappa shape index (κ2) is 7.27. The van der Waals surface area contributed by atoms with E-state index < -0.39 is 5.41 Å². The SMILES string of the molecule is Cc1ccnc(O[C@@H]2CC[C@@H](C)N(C(=O)c3ccccc3C3(C#N)CC3)C2)c1. The third-order valence-electron chi connectivity index (χ3n) is 5.91. The van der Waals surface area contributed by atoms with Crippen LogP contribution in [0, 0.1) is 18.3 Å². The first-order chi connectivity index (χ1) is 13.5. The van der Waals surface area contributed by atoms with E-state index in [1.54, 1.807) is 6.20 Å². The summed E-state index contributed by atoms with van der Waals surface area (Å²) in [6.45, 7) is 4.62. The minimum absolute atomic E-state index is 0.00451. The number of hydrogen-bond acceptors (Lipinski definition) is 4. The van der Waals surface area contributed by atoms with Crippen LogP contribution in [0.1, 0.15) is 54.1 Å². The van der Waals surface area contributed by atoms with Gasteiger partial charge in [-0.1, -0.05) is 18.2 Å². The third kappa shape index (κ3) is 3.47. The van der Waals surface area contributed by atoms with Gasteiger partial charge in [0.15, 0.2) is 0 Å². The molecule has 1 aliphatic carbocycles. The maximum Gasteiger partial charge on any atom is 0.254 e. The normalized spacial score (nSPS) is 23.0. The Kier molecular flexibility index (Phi) is 4.80. The van der Waals surface area contributed by atoms with Crippen molar-refractivity contribution in [1.82, 2.24) is 9.88 Å². The maximum absolute atomic E-state index is 13.4. The smallest absolute Gasteiger partial charge is 0.254 e. The first-order valence-corrected chi connectivity index (χ1v) is 9.93. The van der Waals surface area contributed by atoms with E-state index in [0.717, 1.165) is 36.8 Å². The van der Waals surface area contributed by atoms with Gasteiger partial charge < -0.3 is 9.64 Å². The number of nitriles is 1. The molecular weight excluding hydrogens is 350 g/mol. The summed E-state index contributed by atoms with van der Waals surface area (Å²) in [5.41, 5.74) is 2.15. The fourth-order valence-corrected chi connectivity index (χ4v) is 4.00. The predicted octanol–water partition coefficient (Wildman–Crippen LogP) is 4.02. The van der Waals surface area contributed by atoms with Crippen LogP contribution in [-0.2, 0) is 5.41 Å². The van der Waals surface area contributed by atoms with Gasteiger partial charge >= 0.3 is 0 Å². The van der Waals surface area contributed by atoms with Crippen LogP contribution in [0.15, 0.2) is 42.6 Å². The summed E-state index contributed by atoms with van der Waals surface area (Å²) in [7, 11) is 0. The number of nitrogens with zero attached hydrogens (tertiary/aromatic N) is 3. The van der Waals surface area contributed by atoms with Gasteiger partial charge in [0, 0.05) is 23.9 Å². The van der Waals surface area contributed by atoms with E-state index >= 15 is 0 Å². The molecule has 1 aromatic carbocycles. The number of aryl methyl sites for hydroxylation is 1. The molecule has 5 nitrogen and oxygen atoms in total. The van der Waals surface area contributed by atoms with Crippen LogP contribution in [-0.4, -0.2) is 34.5 Å². The van der Waals surface area contributed by atoms with Gasteiger partial charge in [0.25, 0.3) is 5.91 Å². The molecule has 0 spiro atoms. The van der Waals surface area contributed by atoms with Crippen LogP contribution in [0.5, 0.6) is 5.88 Å². The zero-order valence-electron chi connectivity index (χ0n) is 16.4. The lowest BCUT2D eigenvalue weighted by molar-refractivity contribution is 0.0371. The zero-order valence-corrected chi connectivity index (χ0v) is 16.4. The summed E-state index contributed by atoms with van der Waals surface area (Å²) in [6, 6.07) is 14.0. The minimum atomic E-state index is -0.479. The number of aromatic nitrogens is 1. The highest BCUT2D eigenvalue weighted by molar-refractivity contribution is 5.96. The number of likely N-dealkylation sites (tertiary alicyclic amines) is 1. The predicted molar refractivity (Wildman–Crippen MR) is 106 cm³/mol. The van der Waals surface area contributed by atoms with Gasteiger partial charge in [0.1, 0.15) is 6.10 Å². The number of hydrogen-bond donors (Lipinski definition) is 0. The van der Waals surface area contributed by atoms with Crippen molar-refractivity contribution in [3.8, 4) is 11.9 Å². The average Bonchev–Trinajstić information content (AvgIpc) is 3.50. The van der Waals surface area contributed by atoms with E-state index in [9.17, 15) is 10.1 Å². The molecule has 1 saturated heterocycles. The quantitative estimate of drug-likeness (QED) is 0.810. The van der Waals surface area contributed by atoms with Crippen molar-refractivity contribution in [2.45, 2.75) is 57.1 Å². The van der Waals surface area contributed by atoms with Gasteiger partial charge in [-0.3, -0.25) is 4.79 Å². The lowest BCUT2D eigenvalue weighted by atomic mass is 9.91. The van der Waals surface area contributed by atoms with Crippen molar-refractivity contribution in [3.63, 3.8) is 0 Å². The molecule has 144 valence electrons. The van der Waals surface area contributed by atoms with Gasteiger partial charge in [-0.25, -0.2) is 4.98 Å². The summed E-state index contributed by atoms with van der Waals surface area (Å²) in [6.07, 6.45) is 5.10. The molecule has 4 rings (SSSR count). The summed E-state index contributed by atoms with van der Waals surface area (Å²) in [4.78, 5) is 19.6. The maximum atomic E-state index is 13.4. The van der Waals surface area contributed by atoms with E-state index in [0.29, 0.717) is 18.0 Å². The number of amides is 1. The Labute approximate surface area is 166 Å². The molecule has 1 aromatic heterocycles. The number of ether oxygens (including phenoxy) is 1. The van der Waals surface area contributed by atoms with Crippen molar-refractivity contribution in [2.75, 3.05) is 6.54 Å². The van der Waals surface area contributed by atoms with Crippen molar-refractivity contribution in [1.29, 1.82) is 5.26 Å². The van der Waals surface area contributed by atoms with Crippen LogP contribution in [0.2, 0.25) is 0 Å². The number of piperidine rings is 1. The van der Waals surface area contributed by atoms with Crippen molar-refractivity contribution < 1.29 is 9.53 Å². The number of benzene rings is 1. The van der Waals surface area contributed by atoms with Crippen LogP contribution in [0.4, 0.5) is 0 Å². The van der Waals surface area contributed by atoms with Gasteiger partial charge in [-0.05, 0) is 62.8 Å². The summed E-state index contributed by atoms with van der Waals surface area (Å²) >= 11 is 0. The topological polar surface area (TPSA) is 66.2 Å². The monoisotopic (exact) mass is 375 g/mol. The van der Waals surface area contributed by atoms with Gasteiger partial charge in [0.05, 0.1) is 18.0 Å². The molecule has 1 saturated carbocycles. The van der Waals surface area contributed by atoms with Gasteiger partial charge in [-0.15, -0.1) is 0 Å². The first kappa shape index (κ1) is 18.5. The highest BCUT2D eigenvalue weighted by Gasteiger charge is 2.47. The highest BCUT2D eigenvalue weighted by Crippen LogP contribution is 2.49. The summed E-state index contributed by atoms with van der Waals surface area (Å²) in [5, 5.41) is 9.61. The molecule has 2 aliphatic rings. The second-order valence-electron chi connectivity index (χ2n) is 8.03. The Bertz CT molecular complexity index is 929. The lowest BCUT2D eigenvalue weighted by Crippen LogP contribution is -2.49. The van der Waals surface area contributed by atoms with E-state index in [1.165, 1.54) is 0 Å². The molecule has 1 amide bonds. The van der Waals surface area contributed by atoms with Crippen molar-refractivity contribution in [2.24, 2.45) is 0 Å². The average molecular weight is 375 g/mol. The van der Waals surface area contributed by atoms with Crippen LogP contribution in [0.3, 0.4) is 0 Å². The number of carbonyl (C=O) groups is 1. The Morgan fingerprint density at radius 2 is 2.07 bits per heavy atom. The number of rotatable bonds is 4. The molecule has 2 aromatic rings. The molecule has 0 radical (unpaired) electrons. The Hall–Kier alpha value is -2.87.